The quantitative estimate of drug-likeness (QED) is 0.714. The molecule has 1 unspecified atom stereocenters. The van der Waals surface area contributed by atoms with Crippen LogP contribution in [0.1, 0.15) is 34.6 Å². The number of aromatic nitrogens is 1. The highest BCUT2D eigenvalue weighted by atomic mass is 16.5. The van der Waals surface area contributed by atoms with Gasteiger partial charge in [-0.2, -0.15) is 0 Å². The Morgan fingerprint density at radius 3 is 2.62 bits per heavy atom. The van der Waals surface area contributed by atoms with Crippen molar-refractivity contribution in [3.8, 4) is 5.75 Å². The summed E-state index contributed by atoms with van der Waals surface area (Å²) in [4.78, 5) is 6.80. The Bertz CT molecular complexity index is 713. The maximum Gasteiger partial charge on any atom is 0.121 e. The maximum absolute atomic E-state index is 11.0. The van der Waals surface area contributed by atoms with Gasteiger partial charge in [-0.15, -0.1) is 0 Å². The molecule has 0 radical (unpaired) electrons. The number of hydrogen-bond acceptors (Lipinski definition) is 5. The van der Waals surface area contributed by atoms with Gasteiger partial charge in [0.2, 0.25) is 0 Å². The second-order valence-corrected chi connectivity index (χ2v) is 8.02. The lowest BCUT2D eigenvalue weighted by molar-refractivity contribution is 0.0169. The fourth-order valence-electron chi connectivity index (χ4n) is 3.12. The minimum Gasteiger partial charge on any atom is -0.497 e. The van der Waals surface area contributed by atoms with E-state index in [-0.39, 0.29) is 0 Å². The van der Waals surface area contributed by atoms with Gasteiger partial charge in [0.05, 0.1) is 23.9 Å². The molecular formula is C21H33N3O2. The Morgan fingerprint density at radius 2 is 2.00 bits per heavy atom. The number of rotatable bonds is 9. The zero-order valence-electron chi connectivity index (χ0n) is 16.9. The Hall–Kier alpha value is -1.85. The largest absolute Gasteiger partial charge is 0.497 e. The molecule has 0 aliphatic rings. The molecule has 1 aromatic carbocycles. The first-order valence-corrected chi connectivity index (χ1v) is 9.35. The van der Waals surface area contributed by atoms with Gasteiger partial charge >= 0.3 is 0 Å². The number of benzene rings is 1. The first-order chi connectivity index (χ1) is 12.2. The van der Waals surface area contributed by atoms with E-state index in [9.17, 15) is 5.11 Å². The number of hydrogen-bond donors (Lipinski definition) is 2. The van der Waals surface area contributed by atoms with E-state index in [1.54, 1.807) is 13.3 Å². The van der Waals surface area contributed by atoms with Gasteiger partial charge in [0.15, 0.2) is 0 Å². The topological polar surface area (TPSA) is 57.6 Å². The van der Waals surface area contributed by atoms with Gasteiger partial charge in [-0.05, 0) is 38.8 Å². The van der Waals surface area contributed by atoms with Crippen LogP contribution in [-0.4, -0.2) is 53.4 Å². The molecule has 1 heterocycles. The third-order valence-electron chi connectivity index (χ3n) is 4.45. The van der Waals surface area contributed by atoms with Gasteiger partial charge in [-0.3, -0.25) is 9.88 Å². The van der Waals surface area contributed by atoms with Crippen molar-refractivity contribution >= 4 is 16.6 Å². The van der Waals surface area contributed by atoms with Crippen molar-refractivity contribution in [2.75, 3.05) is 32.1 Å². The molecule has 1 aromatic heterocycles. The summed E-state index contributed by atoms with van der Waals surface area (Å²) in [6.07, 6.45) is 1.78. The zero-order chi connectivity index (χ0) is 19.3. The van der Waals surface area contributed by atoms with Crippen molar-refractivity contribution in [3.05, 3.63) is 30.5 Å². The third kappa shape index (κ3) is 5.58. The average molecular weight is 360 g/mol. The molecule has 26 heavy (non-hydrogen) atoms. The Morgan fingerprint density at radius 1 is 1.27 bits per heavy atom. The number of nitrogens with one attached hydrogen (secondary N) is 1. The van der Waals surface area contributed by atoms with Crippen LogP contribution in [-0.2, 0) is 0 Å². The van der Waals surface area contributed by atoms with Gasteiger partial charge in [-0.1, -0.05) is 19.9 Å². The van der Waals surface area contributed by atoms with Gasteiger partial charge in [0, 0.05) is 43.3 Å². The van der Waals surface area contributed by atoms with Gasteiger partial charge in [0.25, 0.3) is 0 Å². The molecule has 1 atom stereocenters. The lowest BCUT2D eigenvalue weighted by Crippen LogP contribution is -2.48. The number of aliphatic hydroxyl groups is 1. The summed E-state index contributed by atoms with van der Waals surface area (Å²) < 4.78 is 5.40. The number of methoxy groups -OCH3 is 1. The summed E-state index contributed by atoms with van der Waals surface area (Å²) in [6.45, 7) is 12.7. The number of pyridine rings is 1. The number of fused-ring (bicyclic) bond motifs is 1. The van der Waals surface area contributed by atoms with Crippen LogP contribution < -0.4 is 10.1 Å². The van der Waals surface area contributed by atoms with Crippen LogP contribution in [0.3, 0.4) is 0 Å². The number of nitrogens with zero attached hydrogens (tertiary/aromatic N) is 2. The van der Waals surface area contributed by atoms with E-state index in [1.807, 2.05) is 31.2 Å². The van der Waals surface area contributed by atoms with Crippen LogP contribution in [0.2, 0.25) is 0 Å². The minimum atomic E-state index is -0.858. The van der Waals surface area contributed by atoms with Crippen LogP contribution >= 0.6 is 0 Å². The molecule has 2 aromatic rings. The molecule has 0 bridgehead atoms. The molecule has 0 spiro atoms. The highest BCUT2D eigenvalue weighted by molar-refractivity contribution is 5.91. The molecule has 0 amide bonds. The number of anilines is 1. The standard InChI is InChI=1S/C21H33N3O2/c1-15(2)12-24(16(3)4)14-21(5,25)13-23-19-11-18(26-6)10-17-8-7-9-22-20(17)19/h7-11,15-16,23,25H,12-14H2,1-6H3. The Balaban J connectivity index is 2.14. The van der Waals surface area contributed by atoms with Crippen LogP contribution in [0.5, 0.6) is 5.75 Å². The second kappa shape index (κ2) is 8.69. The van der Waals surface area contributed by atoms with E-state index < -0.39 is 5.60 Å². The molecule has 5 heteroatoms. The molecule has 5 nitrogen and oxygen atoms in total. The van der Waals surface area contributed by atoms with E-state index in [4.69, 9.17) is 4.74 Å². The summed E-state index contributed by atoms with van der Waals surface area (Å²) in [5, 5.41) is 15.3. The molecule has 0 fully saturated rings. The predicted octanol–water partition coefficient (Wildman–Crippen LogP) is 3.77. The summed E-state index contributed by atoms with van der Waals surface area (Å²) in [7, 11) is 1.66. The summed E-state index contributed by atoms with van der Waals surface area (Å²) in [5.74, 6) is 1.34. The van der Waals surface area contributed by atoms with Crippen molar-refractivity contribution < 1.29 is 9.84 Å². The number of ether oxygens (including phenoxy) is 1. The molecular weight excluding hydrogens is 326 g/mol. The van der Waals surface area contributed by atoms with Crippen molar-refractivity contribution in [1.29, 1.82) is 0 Å². The van der Waals surface area contributed by atoms with Crippen molar-refractivity contribution in [2.24, 2.45) is 5.92 Å². The van der Waals surface area contributed by atoms with E-state index in [2.05, 4.69) is 42.9 Å². The fourth-order valence-corrected chi connectivity index (χ4v) is 3.12. The lowest BCUT2D eigenvalue weighted by Gasteiger charge is -2.35. The first kappa shape index (κ1) is 20.5. The van der Waals surface area contributed by atoms with E-state index >= 15 is 0 Å². The van der Waals surface area contributed by atoms with Crippen molar-refractivity contribution in [2.45, 2.75) is 46.3 Å². The summed E-state index contributed by atoms with van der Waals surface area (Å²) in [6, 6.07) is 8.21. The van der Waals surface area contributed by atoms with E-state index in [0.29, 0.717) is 25.0 Å². The molecule has 0 saturated carbocycles. The summed E-state index contributed by atoms with van der Waals surface area (Å²) in [5.41, 5.74) is 0.899. The molecule has 0 saturated heterocycles. The van der Waals surface area contributed by atoms with Gasteiger partial charge in [-0.25, -0.2) is 0 Å². The van der Waals surface area contributed by atoms with Crippen LogP contribution in [0, 0.1) is 5.92 Å². The van der Waals surface area contributed by atoms with Crippen LogP contribution in [0.4, 0.5) is 5.69 Å². The predicted molar refractivity (Wildman–Crippen MR) is 109 cm³/mol. The van der Waals surface area contributed by atoms with E-state index in [0.717, 1.165) is 28.9 Å². The Kier molecular flexibility index (Phi) is 6.84. The average Bonchev–Trinajstić information content (AvgIpc) is 2.58. The first-order valence-electron chi connectivity index (χ1n) is 9.35. The lowest BCUT2D eigenvalue weighted by atomic mass is 10.0. The molecule has 0 aliphatic carbocycles. The molecule has 2 N–H and O–H groups in total. The molecule has 2 rings (SSSR count). The second-order valence-electron chi connectivity index (χ2n) is 8.02. The zero-order valence-corrected chi connectivity index (χ0v) is 16.9. The monoisotopic (exact) mass is 359 g/mol. The van der Waals surface area contributed by atoms with Crippen molar-refractivity contribution in [1.82, 2.24) is 9.88 Å². The van der Waals surface area contributed by atoms with Gasteiger partial charge < -0.3 is 15.2 Å². The van der Waals surface area contributed by atoms with Crippen molar-refractivity contribution in [3.63, 3.8) is 0 Å². The molecule has 144 valence electrons. The third-order valence-corrected chi connectivity index (χ3v) is 4.45. The normalized spacial score (nSPS) is 14.2. The highest BCUT2D eigenvalue weighted by Crippen LogP contribution is 2.28. The minimum absolute atomic E-state index is 0.392. The highest BCUT2D eigenvalue weighted by Gasteiger charge is 2.26. The van der Waals surface area contributed by atoms with Crippen LogP contribution in [0.25, 0.3) is 10.9 Å². The fraction of sp³-hybridized carbons (Fsp3) is 0.571. The smallest absolute Gasteiger partial charge is 0.121 e. The van der Waals surface area contributed by atoms with Crippen LogP contribution in [0.15, 0.2) is 30.5 Å². The van der Waals surface area contributed by atoms with Gasteiger partial charge in [0.1, 0.15) is 5.75 Å². The molecule has 0 aliphatic heterocycles. The van der Waals surface area contributed by atoms with E-state index in [1.165, 1.54) is 0 Å². The Labute approximate surface area is 157 Å². The SMILES string of the molecule is COc1cc(NCC(C)(O)CN(CC(C)C)C(C)C)c2ncccc2c1. The maximum atomic E-state index is 11.0. The summed E-state index contributed by atoms with van der Waals surface area (Å²) >= 11 is 0.